The number of para-hydroxylation sites is 3. The van der Waals surface area contributed by atoms with Crippen molar-refractivity contribution >= 4 is 54.1 Å². The van der Waals surface area contributed by atoms with E-state index in [0.29, 0.717) is 17.5 Å². The topological polar surface area (TPSA) is 43.6 Å². The van der Waals surface area contributed by atoms with Crippen LogP contribution < -0.4 is 0 Å². The van der Waals surface area contributed by atoms with Crippen LogP contribution in [0.3, 0.4) is 0 Å². The molecule has 0 radical (unpaired) electrons. The first-order valence-electron chi connectivity index (χ1n) is 18.6. The first-order valence-corrected chi connectivity index (χ1v) is 18.6. The molecular weight excluding hydrogens is 669 g/mol. The van der Waals surface area contributed by atoms with Gasteiger partial charge in [0.25, 0.3) is 0 Å². The minimum absolute atomic E-state index is 0.646. The van der Waals surface area contributed by atoms with Gasteiger partial charge in [-0.05, 0) is 68.2 Å². The summed E-state index contributed by atoms with van der Waals surface area (Å²) in [6, 6.07) is 68.8. The predicted molar refractivity (Wildman–Crippen MR) is 228 cm³/mol. The van der Waals surface area contributed by atoms with Gasteiger partial charge < -0.3 is 4.57 Å². The number of aromatic nitrogens is 4. The fourth-order valence-corrected chi connectivity index (χ4v) is 8.30. The van der Waals surface area contributed by atoms with Crippen LogP contribution in [0.15, 0.2) is 194 Å². The summed E-state index contributed by atoms with van der Waals surface area (Å²) in [4.78, 5) is 15.0. The van der Waals surface area contributed by atoms with Crippen LogP contribution in [-0.4, -0.2) is 19.5 Å². The van der Waals surface area contributed by atoms with Crippen LogP contribution in [0.5, 0.6) is 0 Å². The summed E-state index contributed by atoms with van der Waals surface area (Å²) >= 11 is 0. The van der Waals surface area contributed by atoms with Gasteiger partial charge in [-0.1, -0.05) is 164 Å². The van der Waals surface area contributed by atoms with Crippen LogP contribution >= 0.6 is 0 Å². The maximum atomic E-state index is 5.06. The molecule has 0 amide bonds. The second kappa shape index (κ2) is 12.6. The van der Waals surface area contributed by atoms with E-state index in [1.807, 2.05) is 60.7 Å². The Labute approximate surface area is 317 Å². The first kappa shape index (κ1) is 31.1. The number of hydrogen-bond donors (Lipinski definition) is 0. The van der Waals surface area contributed by atoms with Gasteiger partial charge in [-0.3, -0.25) is 0 Å². The standard InChI is InChI=1S/C51H32N4/c1-4-15-33(16-5-1)49-52-50(34-17-6-2-7-18-34)54-51(53-49)36-28-30-42-45-31-35(27-29-41(45)39-21-10-11-22-40(39)46(42)32-36)38-24-14-25-44-43-23-12-13-26-47(43)55(48(38)44)37-19-8-3-9-20-37/h1-32H. The summed E-state index contributed by atoms with van der Waals surface area (Å²) < 4.78 is 2.41. The quantitative estimate of drug-likeness (QED) is 0.168. The summed E-state index contributed by atoms with van der Waals surface area (Å²) in [5.74, 6) is 1.95. The number of nitrogens with zero attached hydrogens (tertiary/aromatic N) is 4. The van der Waals surface area contributed by atoms with Crippen LogP contribution in [-0.2, 0) is 0 Å². The van der Waals surface area contributed by atoms with Crippen molar-refractivity contribution in [2.45, 2.75) is 0 Å². The van der Waals surface area contributed by atoms with Crippen molar-refractivity contribution in [1.82, 2.24) is 19.5 Å². The highest BCUT2D eigenvalue weighted by atomic mass is 15.0. The van der Waals surface area contributed by atoms with Gasteiger partial charge in [0.1, 0.15) is 0 Å². The largest absolute Gasteiger partial charge is 0.309 e. The lowest BCUT2D eigenvalue weighted by atomic mass is 9.91. The second-order valence-electron chi connectivity index (χ2n) is 14.0. The minimum Gasteiger partial charge on any atom is -0.309 e. The van der Waals surface area contributed by atoms with Crippen LogP contribution in [0.4, 0.5) is 0 Å². The van der Waals surface area contributed by atoms with Crippen molar-refractivity contribution < 1.29 is 0 Å². The Balaban J connectivity index is 1.15. The molecule has 4 heteroatoms. The number of benzene rings is 9. The molecule has 55 heavy (non-hydrogen) atoms. The maximum absolute atomic E-state index is 5.06. The molecule has 0 aliphatic rings. The van der Waals surface area contributed by atoms with E-state index < -0.39 is 0 Å². The number of hydrogen-bond acceptors (Lipinski definition) is 3. The number of fused-ring (bicyclic) bond motifs is 9. The molecule has 0 aliphatic carbocycles. The molecule has 0 saturated heterocycles. The van der Waals surface area contributed by atoms with Crippen LogP contribution in [0, 0.1) is 0 Å². The lowest BCUT2D eigenvalue weighted by Gasteiger charge is -2.15. The zero-order valence-electron chi connectivity index (χ0n) is 29.8. The van der Waals surface area contributed by atoms with E-state index in [1.165, 1.54) is 59.9 Å². The SMILES string of the molecule is c1ccc(-c2nc(-c3ccccc3)nc(-c3ccc4c(c3)c3ccccc3c3ccc(-c5cccc6c7ccccc7n(-c7ccccc7)c56)cc34)n2)cc1. The van der Waals surface area contributed by atoms with E-state index in [2.05, 4.69) is 138 Å². The molecule has 0 aliphatic heterocycles. The smallest absolute Gasteiger partial charge is 0.164 e. The molecule has 11 aromatic rings. The average molecular weight is 701 g/mol. The van der Waals surface area contributed by atoms with Crippen molar-refractivity contribution in [3.8, 4) is 51.0 Å². The summed E-state index contributed by atoms with van der Waals surface area (Å²) in [5, 5.41) is 9.70. The maximum Gasteiger partial charge on any atom is 0.164 e. The normalized spacial score (nSPS) is 11.6. The molecule has 4 nitrogen and oxygen atoms in total. The molecule has 2 heterocycles. The van der Waals surface area contributed by atoms with Gasteiger partial charge in [0.05, 0.1) is 11.0 Å². The molecule has 0 saturated carbocycles. The Morgan fingerprint density at radius 2 is 0.745 bits per heavy atom. The highest BCUT2D eigenvalue weighted by molar-refractivity contribution is 6.26. The van der Waals surface area contributed by atoms with Gasteiger partial charge in [0.15, 0.2) is 17.5 Å². The van der Waals surface area contributed by atoms with Gasteiger partial charge in [-0.2, -0.15) is 0 Å². The summed E-state index contributed by atoms with van der Waals surface area (Å²) in [7, 11) is 0. The van der Waals surface area contributed by atoms with Crippen LogP contribution in [0.2, 0.25) is 0 Å². The fraction of sp³-hybridized carbons (Fsp3) is 0. The highest BCUT2D eigenvalue weighted by Crippen LogP contribution is 2.42. The van der Waals surface area contributed by atoms with Crippen molar-refractivity contribution in [3.05, 3.63) is 194 Å². The Hall–Kier alpha value is -7.43. The molecular formula is C51H32N4. The Morgan fingerprint density at radius 3 is 1.40 bits per heavy atom. The third-order valence-corrected chi connectivity index (χ3v) is 10.8. The summed E-state index contributed by atoms with van der Waals surface area (Å²) in [6.45, 7) is 0. The average Bonchev–Trinajstić information content (AvgIpc) is 3.61. The Morgan fingerprint density at radius 1 is 0.291 bits per heavy atom. The molecule has 0 spiro atoms. The van der Waals surface area contributed by atoms with Gasteiger partial charge in [-0.15, -0.1) is 0 Å². The van der Waals surface area contributed by atoms with E-state index in [4.69, 9.17) is 15.0 Å². The van der Waals surface area contributed by atoms with E-state index in [9.17, 15) is 0 Å². The molecule has 0 unspecified atom stereocenters. The Kier molecular flexibility index (Phi) is 7.14. The van der Waals surface area contributed by atoms with Crippen molar-refractivity contribution in [3.63, 3.8) is 0 Å². The zero-order chi connectivity index (χ0) is 36.3. The van der Waals surface area contributed by atoms with Crippen LogP contribution in [0.1, 0.15) is 0 Å². The monoisotopic (exact) mass is 700 g/mol. The van der Waals surface area contributed by atoms with E-state index >= 15 is 0 Å². The molecule has 0 atom stereocenters. The lowest BCUT2D eigenvalue weighted by molar-refractivity contribution is 1.07. The second-order valence-corrected chi connectivity index (χ2v) is 14.0. The van der Waals surface area contributed by atoms with Gasteiger partial charge >= 0.3 is 0 Å². The zero-order valence-corrected chi connectivity index (χ0v) is 29.8. The van der Waals surface area contributed by atoms with Crippen molar-refractivity contribution in [1.29, 1.82) is 0 Å². The third-order valence-electron chi connectivity index (χ3n) is 10.8. The van der Waals surface area contributed by atoms with E-state index in [1.54, 1.807) is 0 Å². The van der Waals surface area contributed by atoms with Gasteiger partial charge in [0, 0.05) is 38.7 Å². The number of rotatable bonds is 5. The highest BCUT2D eigenvalue weighted by Gasteiger charge is 2.19. The van der Waals surface area contributed by atoms with Crippen molar-refractivity contribution in [2.75, 3.05) is 0 Å². The lowest BCUT2D eigenvalue weighted by Crippen LogP contribution is -2.00. The van der Waals surface area contributed by atoms with Gasteiger partial charge in [-0.25, -0.2) is 15.0 Å². The predicted octanol–water partition coefficient (Wildman–Crippen LogP) is 13.1. The van der Waals surface area contributed by atoms with Gasteiger partial charge in [0.2, 0.25) is 0 Å². The minimum atomic E-state index is 0.646. The molecule has 0 N–H and O–H groups in total. The van der Waals surface area contributed by atoms with Crippen molar-refractivity contribution in [2.24, 2.45) is 0 Å². The third kappa shape index (κ3) is 5.11. The summed E-state index contributed by atoms with van der Waals surface area (Å²) in [6.07, 6.45) is 0. The molecule has 9 aromatic carbocycles. The molecule has 11 rings (SSSR count). The van der Waals surface area contributed by atoms with Crippen LogP contribution in [0.25, 0.3) is 105 Å². The van der Waals surface area contributed by atoms with E-state index in [0.717, 1.165) is 27.8 Å². The fourth-order valence-electron chi connectivity index (χ4n) is 8.30. The molecule has 0 bridgehead atoms. The molecule has 2 aromatic heterocycles. The molecule has 256 valence electrons. The Bertz CT molecular complexity index is 3180. The van der Waals surface area contributed by atoms with E-state index in [-0.39, 0.29) is 0 Å². The molecule has 0 fully saturated rings. The first-order chi connectivity index (χ1) is 27.3. The summed E-state index contributed by atoms with van der Waals surface area (Å²) in [5.41, 5.74) is 8.78.